The van der Waals surface area contributed by atoms with Crippen LogP contribution in [0.25, 0.3) is 0 Å². The van der Waals surface area contributed by atoms with E-state index in [-0.39, 0.29) is 13.0 Å². The second-order valence-electron chi connectivity index (χ2n) is 4.98. The highest BCUT2D eigenvalue weighted by Crippen LogP contribution is 2.24. The predicted molar refractivity (Wildman–Crippen MR) is 82.9 cm³/mol. The number of carbonyl (C=O) groups is 1. The van der Waals surface area contributed by atoms with E-state index >= 15 is 0 Å². The molecule has 5 heteroatoms. The van der Waals surface area contributed by atoms with Gasteiger partial charge in [0.25, 0.3) is 0 Å². The highest BCUT2D eigenvalue weighted by molar-refractivity contribution is 6.31. The monoisotopic (exact) mass is 322 g/mol. The summed E-state index contributed by atoms with van der Waals surface area (Å²) in [5, 5.41) is 9.02. The molecule has 0 aliphatic carbocycles. The summed E-state index contributed by atoms with van der Waals surface area (Å²) in [6.07, 6.45) is 0.556. The Morgan fingerprint density at radius 3 is 2.73 bits per heavy atom. The number of aryl methyl sites for hydroxylation is 2. The average molecular weight is 323 g/mol. The minimum Gasteiger partial charge on any atom is -0.488 e. The molecule has 0 spiro atoms. The third-order valence-corrected chi connectivity index (χ3v) is 3.65. The Balaban J connectivity index is 2.06. The summed E-state index contributed by atoms with van der Waals surface area (Å²) in [6, 6.07) is 9.96. The molecule has 2 rings (SSSR count). The van der Waals surface area contributed by atoms with Gasteiger partial charge in [0, 0.05) is 12.0 Å². The molecule has 0 aliphatic heterocycles. The first-order valence-corrected chi connectivity index (χ1v) is 7.22. The van der Waals surface area contributed by atoms with E-state index in [0.717, 1.165) is 11.1 Å². The SMILES string of the molecule is Cc1cc(CCC(=O)O)ccc1OCc1c(F)cccc1Cl. The van der Waals surface area contributed by atoms with E-state index in [0.29, 0.717) is 22.8 Å². The van der Waals surface area contributed by atoms with Gasteiger partial charge < -0.3 is 9.84 Å². The van der Waals surface area contributed by atoms with Gasteiger partial charge in [-0.1, -0.05) is 29.8 Å². The van der Waals surface area contributed by atoms with Crippen LogP contribution in [0.15, 0.2) is 36.4 Å². The van der Waals surface area contributed by atoms with Gasteiger partial charge >= 0.3 is 5.97 Å². The molecule has 0 bridgehead atoms. The number of carboxylic acid groups (broad SMARTS) is 1. The number of hydrogen-bond acceptors (Lipinski definition) is 2. The van der Waals surface area contributed by atoms with Crippen molar-refractivity contribution >= 4 is 17.6 Å². The molecule has 0 fully saturated rings. The molecule has 0 unspecified atom stereocenters. The van der Waals surface area contributed by atoms with Crippen molar-refractivity contribution in [1.82, 2.24) is 0 Å². The molecule has 0 heterocycles. The molecular weight excluding hydrogens is 307 g/mol. The molecule has 0 aromatic heterocycles. The Morgan fingerprint density at radius 1 is 1.32 bits per heavy atom. The lowest BCUT2D eigenvalue weighted by Gasteiger charge is -2.12. The molecule has 0 saturated heterocycles. The lowest BCUT2D eigenvalue weighted by molar-refractivity contribution is -0.136. The number of aliphatic carboxylic acids is 1. The quantitative estimate of drug-likeness (QED) is 0.858. The van der Waals surface area contributed by atoms with Gasteiger partial charge in [0.1, 0.15) is 18.2 Å². The molecule has 3 nitrogen and oxygen atoms in total. The van der Waals surface area contributed by atoms with E-state index in [1.165, 1.54) is 6.07 Å². The number of ether oxygens (including phenoxy) is 1. The fraction of sp³-hybridized carbons (Fsp3) is 0.235. The van der Waals surface area contributed by atoms with Gasteiger partial charge in [0.15, 0.2) is 0 Å². The summed E-state index contributed by atoms with van der Waals surface area (Å²) in [5.41, 5.74) is 2.12. The molecular formula is C17H16ClFO3. The van der Waals surface area contributed by atoms with Crippen molar-refractivity contribution in [1.29, 1.82) is 0 Å². The number of halogens is 2. The van der Waals surface area contributed by atoms with Gasteiger partial charge in [-0.05, 0) is 42.7 Å². The van der Waals surface area contributed by atoms with Crippen LogP contribution in [0.4, 0.5) is 4.39 Å². The zero-order valence-electron chi connectivity index (χ0n) is 12.1. The van der Waals surface area contributed by atoms with Crippen molar-refractivity contribution in [2.24, 2.45) is 0 Å². The lowest BCUT2D eigenvalue weighted by atomic mass is 10.1. The maximum atomic E-state index is 13.7. The number of rotatable bonds is 6. The fourth-order valence-electron chi connectivity index (χ4n) is 2.10. The Kier molecular flexibility index (Phi) is 5.39. The largest absolute Gasteiger partial charge is 0.488 e. The third kappa shape index (κ3) is 4.21. The van der Waals surface area contributed by atoms with Gasteiger partial charge in [-0.15, -0.1) is 0 Å². The summed E-state index contributed by atoms with van der Waals surface area (Å²) in [7, 11) is 0. The van der Waals surface area contributed by atoms with E-state index in [9.17, 15) is 9.18 Å². The fourth-order valence-corrected chi connectivity index (χ4v) is 2.32. The molecule has 116 valence electrons. The Bertz CT molecular complexity index is 665. The summed E-state index contributed by atoms with van der Waals surface area (Å²) in [6.45, 7) is 1.91. The predicted octanol–water partition coefficient (Wildman–Crippen LogP) is 4.38. The standard InChI is InChI=1S/C17H16ClFO3/c1-11-9-12(6-8-17(20)21)5-7-16(11)22-10-13-14(18)3-2-4-15(13)19/h2-5,7,9H,6,8,10H2,1H3,(H,20,21). The molecule has 2 aromatic rings. The van der Waals surface area contributed by atoms with Gasteiger partial charge in [0.2, 0.25) is 0 Å². The van der Waals surface area contributed by atoms with Crippen molar-refractivity contribution < 1.29 is 19.0 Å². The summed E-state index contributed by atoms with van der Waals surface area (Å²) in [4.78, 5) is 10.6. The molecule has 0 aliphatic rings. The minimum absolute atomic E-state index is 0.0425. The molecule has 0 atom stereocenters. The summed E-state index contributed by atoms with van der Waals surface area (Å²) < 4.78 is 19.3. The van der Waals surface area contributed by atoms with Crippen LogP contribution < -0.4 is 4.74 Å². The van der Waals surface area contributed by atoms with Crippen LogP contribution in [-0.4, -0.2) is 11.1 Å². The molecule has 2 aromatic carbocycles. The van der Waals surface area contributed by atoms with Gasteiger partial charge in [-0.2, -0.15) is 0 Å². The van der Waals surface area contributed by atoms with Gasteiger partial charge in [0.05, 0.1) is 5.02 Å². The summed E-state index contributed by atoms with van der Waals surface area (Å²) >= 11 is 5.96. The lowest BCUT2D eigenvalue weighted by Crippen LogP contribution is -2.02. The third-order valence-electron chi connectivity index (χ3n) is 3.30. The maximum absolute atomic E-state index is 13.7. The van der Waals surface area contributed by atoms with Crippen LogP contribution in [0.5, 0.6) is 5.75 Å². The zero-order chi connectivity index (χ0) is 16.1. The van der Waals surface area contributed by atoms with E-state index in [1.807, 2.05) is 19.1 Å². The molecule has 22 heavy (non-hydrogen) atoms. The highest BCUT2D eigenvalue weighted by Gasteiger charge is 2.09. The topological polar surface area (TPSA) is 46.5 Å². The van der Waals surface area contributed by atoms with Crippen LogP contribution in [0.1, 0.15) is 23.1 Å². The van der Waals surface area contributed by atoms with Gasteiger partial charge in [-0.3, -0.25) is 4.79 Å². The first-order chi connectivity index (χ1) is 10.5. The van der Waals surface area contributed by atoms with E-state index in [1.54, 1.807) is 18.2 Å². The maximum Gasteiger partial charge on any atom is 0.303 e. The molecule has 0 saturated carbocycles. The first kappa shape index (κ1) is 16.3. The van der Waals surface area contributed by atoms with Crippen LogP contribution >= 0.6 is 11.6 Å². The minimum atomic E-state index is -0.827. The number of benzene rings is 2. The van der Waals surface area contributed by atoms with Crippen molar-refractivity contribution in [2.75, 3.05) is 0 Å². The van der Waals surface area contributed by atoms with Crippen LogP contribution in [0.2, 0.25) is 5.02 Å². The Morgan fingerprint density at radius 2 is 2.09 bits per heavy atom. The smallest absolute Gasteiger partial charge is 0.303 e. The van der Waals surface area contributed by atoms with Crippen molar-refractivity contribution in [3.63, 3.8) is 0 Å². The first-order valence-electron chi connectivity index (χ1n) is 6.84. The second kappa shape index (κ2) is 7.27. The van der Waals surface area contributed by atoms with E-state index < -0.39 is 11.8 Å². The number of carboxylic acids is 1. The Labute approximate surface area is 133 Å². The van der Waals surface area contributed by atoms with Crippen LogP contribution in [0.3, 0.4) is 0 Å². The van der Waals surface area contributed by atoms with E-state index in [4.69, 9.17) is 21.4 Å². The van der Waals surface area contributed by atoms with Crippen molar-refractivity contribution in [3.8, 4) is 5.75 Å². The highest BCUT2D eigenvalue weighted by atomic mass is 35.5. The van der Waals surface area contributed by atoms with Crippen LogP contribution in [0, 0.1) is 12.7 Å². The van der Waals surface area contributed by atoms with Crippen LogP contribution in [-0.2, 0) is 17.8 Å². The molecule has 0 amide bonds. The second-order valence-corrected chi connectivity index (χ2v) is 5.39. The normalized spacial score (nSPS) is 10.5. The Hall–Kier alpha value is -2.07. The average Bonchev–Trinajstić information content (AvgIpc) is 2.46. The zero-order valence-corrected chi connectivity index (χ0v) is 12.9. The van der Waals surface area contributed by atoms with Crippen molar-refractivity contribution in [2.45, 2.75) is 26.4 Å². The summed E-state index contributed by atoms with van der Waals surface area (Å²) in [5.74, 6) is -0.603. The number of hydrogen-bond donors (Lipinski definition) is 1. The van der Waals surface area contributed by atoms with E-state index in [2.05, 4.69) is 0 Å². The molecule has 0 radical (unpaired) electrons. The molecule has 1 N–H and O–H groups in total. The van der Waals surface area contributed by atoms with Gasteiger partial charge in [-0.25, -0.2) is 4.39 Å². The van der Waals surface area contributed by atoms with Crippen molar-refractivity contribution in [3.05, 3.63) is 63.9 Å².